The lowest BCUT2D eigenvalue weighted by atomic mass is 10.2. The van der Waals surface area contributed by atoms with E-state index < -0.39 is 30.8 Å². The fourth-order valence-corrected chi connectivity index (χ4v) is 1.13. The number of benzene rings is 1. The van der Waals surface area contributed by atoms with Crippen LogP contribution in [0.5, 0.6) is 0 Å². The van der Waals surface area contributed by atoms with Crippen LogP contribution in [0.2, 0.25) is 0 Å². The van der Waals surface area contributed by atoms with Crippen molar-refractivity contribution in [1.29, 1.82) is 0 Å². The number of nitrogens with one attached hydrogen (secondary N) is 1. The Bertz CT molecular complexity index is 435. The topological polar surface area (TPSA) is 49.3 Å². The van der Waals surface area contributed by atoms with Crippen molar-refractivity contribution in [2.24, 2.45) is 0 Å². The van der Waals surface area contributed by atoms with Crippen LogP contribution in [-0.2, 0) is 4.79 Å². The third-order valence-corrected chi connectivity index (χ3v) is 2.10. The van der Waals surface area contributed by atoms with Crippen molar-refractivity contribution in [3.05, 3.63) is 41.7 Å². The predicted octanol–water partition coefficient (Wildman–Crippen LogP) is 1.58. The summed E-state index contributed by atoms with van der Waals surface area (Å²) in [7, 11) is 0. The molecule has 0 saturated heterocycles. The SMILES string of the molecule is O=C(/C=C/c1ccccc1F)NCC(O)C(F)F. The zero-order valence-electron chi connectivity index (χ0n) is 9.32. The van der Waals surface area contributed by atoms with E-state index in [1.165, 1.54) is 24.3 Å². The maximum atomic E-state index is 13.1. The molecule has 6 heteroatoms. The number of hydrogen-bond donors (Lipinski definition) is 2. The van der Waals surface area contributed by atoms with Gasteiger partial charge in [0, 0.05) is 18.2 Å². The first-order valence-corrected chi connectivity index (χ1v) is 5.17. The molecular weight excluding hydrogens is 247 g/mol. The van der Waals surface area contributed by atoms with Gasteiger partial charge in [0.05, 0.1) is 0 Å². The van der Waals surface area contributed by atoms with E-state index in [0.29, 0.717) is 0 Å². The van der Waals surface area contributed by atoms with Crippen molar-refractivity contribution in [2.75, 3.05) is 6.54 Å². The number of aliphatic hydroxyl groups is 1. The lowest BCUT2D eigenvalue weighted by Gasteiger charge is -2.08. The minimum absolute atomic E-state index is 0.210. The van der Waals surface area contributed by atoms with Crippen molar-refractivity contribution in [3.63, 3.8) is 0 Å². The third kappa shape index (κ3) is 4.58. The first-order valence-electron chi connectivity index (χ1n) is 5.17. The second-order valence-electron chi connectivity index (χ2n) is 3.50. The molecule has 0 aromatic heterocycles. The van der Waals surface area contributed by atoms with Crippen LogP contribution in [0.3, 0.4) is 0 Å². The zero-order chi connectivity index (χ0) is 13.5. The van der Waals surface area contributed by atoms with Crippen LogP contribution in [0, 0.1) is 5.82 Å². The van der Waals surface area contributed by atoms with Gasteiger partial charge in [-0.2, -0.15) is 0 Å². The lowest BCUT2D eigenvalue weighted by molar-refractivity contribution is -0.117. The fourth-order valence-electron chi connectivity index (χ4n) is 1.13. The number of aliphatic hydroxyl groups excluding tert-OH is 1. The van der Waals surface area contributed by atoms with E-state index in [0.717, 1.165) is 6.08 Å². The maximum Gasteiger partial charge on any atom is 0.265 e. The Labute approximate surface area is 102 Å². The van der Waals surface area contributed by atoms with Crippen LogP contribution in [0.15, 0.2) is 30.3 Å². The third-order valence-electron chi connectivity index (χ3n) is 2.10. The Morgan fingerprint density at radius 1 is 1.39 bits per heavy atom. The normalized spacial score (nSPS) is 12.9. The molecule has 3 nitrogen and oxygen atoms in total. The highest BCUT2D eigenvalue weighted by atomic mass is 19.3. The number of alkyl halides is 2. The average Bonchev–Trinajstić information content (AvgIpc) is 2.34. The molecule has 1 atom stereocenters. The molecule has 2 N–H and O–H groups in total. The molecule has 0 saturated carbocycles. The van der Waals surface area contributed by atoms with Gasteiger partial charge >= 0.3 is 0 Å². The summed E-state index contributed by atoms with van der Waals surface area (Å²) in [6.07, 6.45) is -2.59. The van der Waals surface area contributed by atoms with Crippen LogP contribution in [0.1, 0.15) is 5.56 Å². The molecule has 0 aliphatic carbocycles. The molecule has 0 radical (unpaired) electrons. The Hall–Kier alpha value is -1.82. The van der Waals surface area contributed by atoms with Crippen molar-refractivity contribution in [3.8, 4) is 0 Å². The monoisotopic (exact) mass is 259 g/mol. The predicted molar refractivity (Wildman–Crippen MR) is 60.5 cm³/mol. The minimum Gasteiger partial charge on any atom is -0.385 e. The van der Waals surface area contributed by atoms with Gasteiger partial charge in [0.15, 0.2) is 0 Å². The molecule has 1 rings (SSSR count). The highest BCUT2D eigenvalue weighted by Gasteiger charge is 2.16. The first-order chi connectivity index (χ1) is 8.50. The van der Waals surface area contributed by atoms with Gasteiger partial charge in [0.2, 0.25) is 5.91 Å². The molecule has 18 heavy (non-hydrogen) atoms. The Morgan fingerprint density at radius 3 is 2.67 bits per heavy atom. The largest absolute Gasteiger partial charge is 0.385 e. The summed E-state index contributed by atoms with van der Waals surface area (Å²) >= 11 is 0. The van der Waals surface area contributed by atoms with E-state index in [4.69, 9.17) is 5.11 Å². The molecule has 0 fully saturated rings. The van der Waals surface area contributed by atoms with Gasteiger partial charge < -0.3 is 10.4 Å². The van der Waals surface area contributed by atoms with E-state index in [9.17, 15) is 18.0 Å². The van der Waals surface area contributed by atoms with E-state index in [1.807, 2.05) is 0 Å². The van der Waals surface area contributed by atoms with E-state index >= 15 is 0 Å². The summed E-state index contributed by atoms with van der Waals surface area (Å²) in [5.41, 5.74) is 0.210. The summed E-state index contributed by atoms with van der Waals surface area (Å²) in [6, 6.07) is 5.80. The molecular formula is C12H12F3NO2. The Kier molecular flexibility index (Phi) is 5.38. The molecule has 98 valence electrons. The van der Waals surface area contributed by atoms with Crippen LogP contribution < -0.4 is 5.32 Å². The molecule has 0 aliphatic heterocycles. The molecule has 1 aromatic rings. The summed E-state index contributed by atoms with van der Waals surface area (Å²) in [4.78, 5) is 11.2. The quantitative estimate of drug-likeness (QED) is 0.789. The summed E-state index contributed by atoms with van der Waals surface area (Å²) in [5.74, 6) is -1.17. The van der Waals surface area contributed by atoms with Crippen LogP contribution in [-0.4, -0.2) is 30.1 Å². The zero-order valence-corrected chi connectivity index (χ0v) is 9.32. The number of halogens is 3. The highest BCUT2D eigenvalue weighted by Crippen LogP contribution is 2.07. The molecule has 0 bridgehead atoms. The van der Waals surface area contributed by atoms with Crippen LogP contribution >= 0.6 is 0 Å². The van der Waals surface area contributed by atoms with Crippen molar-refractivity contribution >= 4 is 12.0 Å². The van der Waals surface area contributed by atoms with Gasteiger partial charge in [0.1, 0.15) is 11.9 Å². The van der Waals surface area contributed by atoms with E-state index in [2.05, 4.69) is 5.32 Å². The summed E-state index contributed by atoms with van der Waals surface area (Å²) in [5, 5.41) is 10.8. The van der Waals surface area contributed by atoms with Gasteiger partial charge in [-0.1, -0.05) is 18.2 Å². The smallest absolute Gasteiger partial charge is 0.265 e. The van der Waals surface area contributed by atoms with Gasteiger partial charge in [-0.05, 0) is 12.1 Å². The summed E-state index contributed by atoms with van der Waals surface area (Å²) in [6.45, 7) is -0.557. The molecule has 1 unspecified atom stereocenters. The van der Waals surface area contributed by atoms with E-state index in [1.54, 1.807) is 6.07 Å². The average molecular weight is 259 g/mol. The van der Waals surface area contributed by atoms with E-state index in [-0.39, 0.29) is 5.56 Å². The number of carbonyl (C=O) groups is 1. The number of carbonyl (C=O) groups excluding carboxylic acids is 1. The minimum atomic E-state index is -2.92. The van der Waals surface area contributed by atoms with Crippen molar-refractivity contribution < 1.29 is 23.1 Å². The lowest BCUT2D eigenvalue weighted by Crippen LogP contribution is -2.34. The number of hydrogen-bond acceptors (Lipinski definition) is 2. The van der Waals surface area contributed by atoms with Crippen LogP contribution in [0.25, 0.3) is 6.08 Å². The summed E-state index contributed by atoms with van der Waals surface area (Å²) < 4.78 is 37.0. The standard InChI is InChI=1S/C12H12F3NO2/c13-9-4-2-1-3-8(9)5-6-11(18)16-7-10(17)12(14)15/h1-6,10,12,17H,7H2,(H,16,18)/b6-5+. The molecule has 0 heterocycles. The maximum absolute atomic E-state index is 13.1. The Balaban J connectivity index is 2.48. The second kappa shape index (κ2) is 6.80. The molecule has 0 spiro atoms. The van der Waals surface area contributed by atoms with Gasteiger partial charge in [-0.3, -0.25) is 4.79 Å². The van der Waals surface area contributed by atoms with Gasteiger partial charge in [-0.15, -0.1) is 0 Å². The fraction of sp³-hybridized carbons (Fsp3) is 0.250. The molecule has 0 aliphatic rings. The van der Waals surface area contributed by atoms with Gasteiger partial charge in [0.25, 0.3) is 6.43 Å². The molecule has 1 aromatic carbocycles. The van der Waals surface area contributed by atoms with Gasteiger partial charge in [-0.25, -0.2) is 13.2 Å². The van der Waals surface area contributed by atoms with Crippen LogP contribution in [0.4, 0.5) is 13.2 Å². The molecule has 1 amide bonds. The second-order valence-corrected chi connectivity index (χ2v) is 3.50. The number of amides is 1. The Morgan fingerprint density at radius 2 is 2.06 bits per heavy atom. The number of rotatable bonds is 5. The highest BCUT2D eigenvalue weighted by molar-refractivity contribution is 5.91. The first kappa shape index (κ1) is 14.2. The van der Waals surface area contributed by atoms with Crippen molar-refractivity contribution in [1.82, 2.24) is 5.32 Å². The van der Waals surface area contributed by atoms with Crippen molar-refractivity contribution in [2.45, 2.75) is 12.5 Å².